The lowest BCUT2D eigenvalue weighted by molar-refractivity contribution is -0.117. The van der Waals surface area contributed by atoms with Crippen LogP contribution in [0, 0.1) is 12.8 Å². The summed E-state index contributed by atoms with van der Waals surface area (Å²) in [7, 11) is 2.13. The highest BCUT2D eigenvalue weighted by molar-refractivity contribution is 5.93. The van der Waals surface area contributed by atoms with Crippen LogP contribution in [0.2, 0.25) is 0 Å². The summed E-state index contributed by atoms with van der Waals surface area (Å²) in [5.74, 6) is 2.04. The Morgan fingerprint density at radius 3 is 2.79 bits per heavy atom. The topological polar surface area (TPSA) is 84.9 Å². The largest absolute Gasteiger partial charge is 0.472 e. The number of pyridine rings is 1. The Morgan fingerprint density at radius 1 is 1.24 bits per heavy atom. The van der Waals surface area contributed by atoms with Gasteiger partial charge in [0.05, 0.1) is 11.1 Å². The van der Waals surface area contributed by atoms with Crippen molar-refractivity contribution in [3.63, 3.8) is 0 Å². The maximum atomic E-state index is 12.0. The van der Waals surface area contributed by atoms with Crippen LogP contribution in [0.1, 0.15) is 31.4 Å². The molecule has 3 aromatic heterocycles. The lowest BCUT2D eigenvalue weighted by Gasteiger charge is -2.28. The van der Waals surface area contributed by atoms with Gasteiger partial charge in [-0.3, -0.25) is 4.79 Å². The molecule has 2 aliphatic rings. The van der Waals surface area contributed by atoms with Crippen molar-refractivity contribution in [3.05, 3.63) is 30.2 Å². The van der Waals surface area contributed by atoms with E-state index in [1.54, 1.807) is 4.52 Å². The number of ether oxygens (including phenoxy) is 1. The summed E-state index contributed by atoms with van der Waals surface area (Å²) in [6.07, 6.45) is 5.92. The number of amides is 1. The number of likely N-dealkylation sites (tertiary alicyclic amines) is 1. The van der Waals surface area contributed by atoms with Gasteiger partial charge in [0, 0.05) is 31.3 Å². The molecule has 1 N–H and O–H groups in total. The van der Waals surface area contributed by atoms with Gasteiger partial charge in [-0.1, -0.05) is 0 Å². The minimum atomic E-state index is 0.0531. The molecule has 29 heavy (non-hydrogen) atoms. The van der Waals surface area contributed by atoms with Gasteiger partial charge in [0.15, 0.2) is 5.82 Å². The van der Waals surface area contributed by atoms with Gasteiger partial charge in [0.1, 0.15) is 11.9 Å². The second-order valence-corrected chi connectivity index (χ2v) is 8.12. The third kappa shape index (κ3) is 3.72. The molecule has 1 aliphatic heterocycles. The van der Waals surface area contributed by atoms with Gasteiger partial charge in [-0.25, -0.2) is 4.52 Å². The number of rotatable bonds is 5. The molecule has 0 atom stereocenters. The first-order chi connectivity index (χ1) is 14.1. The summed E-state index contributed by atoms with van der Waals surface area (Å²) >= 11 is 0. The van der Waals surface area contributed by atoms with E-state index < -0.39 is 0 Å². The number of nitrogens with zero attached hydrogens (tertiary/aromatic N) is 4. The van der Waals surface area contributed by atoms with Crippen LogP contribution in [0.15, 0.2) is 28.9 Å². The summed E-state index contributed by atoms with van der Waals surface area (Å²) in [5, 5.41) is 11.5. The molecule has 4 heterocycles. The van der Waals surface area contributed by atoms with Crippen LogP contribution in [-0.2, 0) is 4.79 Å². The minimum Gasteiger partial charge on any atom is -0.472 e. The second kappa shape index (κ2) is 7.18. The highest BCUT2D eigenvalue weighted by Gasteiger charge is 2.30. The fourth-order valence-corrected chi connectivity index (χ4v) is 3.80. The van der Waals surface area contributed by atoms with Crippen LogP contribution < -0.4 is 10.1 Å². The number of piperidine rings is 1. The first-order valence-electron chi connectivity index (χ1n) is 10.2. The molecule has 0 aromatic carbocycles. The number of anilines is 1. The Hall–Kier alpha value is -2.87. The van der Waals surface area contributed by atoms with Crippen LogP contribution in [0.5, 0.6) is 5.88 Å². The quantitative estimate of drug-likeness (QED) is 0.715. The highest BCUT2D eigenvalue weighted by atomic mass is 16.5. The maximum absolute atomic E-state index is 12.0. The normalized spacial score (nSPS) is 18.3. The van der Waals surface area contributed by atoms with Crippen LogP contribution in [0.4, 0.5) is 5.82 Å². The van der Waals surface area contributed by atoms with E-state index in [-0.39, 0.29) is 17.9 Å². The zero-order valence-electron chi connectivity index (χ0n) is 16.7. The fraction of sp³-hybridized carbons (Fsp3) is 0.476. The summed E-state index contributed by atoms with van der Waals surface area (Å²) < 4.78 is 13.4. The zero-order chi connectivity index (χ0) is 20.0. The summed E-state index contributed by atoms with van der Waals surface area (Å²) in [5.41, 5.74) is 2.72. The molecule has 0 spiro atoms. The third-order valence-corrected chi connectivity index (χ3v) is 5.73. The van der Waals surface area contributed by atoms with Gasteiger partial charge in [-0.05, 0) is 62.5 Å². The number of fused-ring (bicyclic) bond motifs is 1. The molecule has 0 radical (unpaired) electrons. The fourth-order valence-electron chi connectivity index (χ4n) is 3.80. The molecule has 1 saturated heterocycles. The van der Waals surface area contributed by atoms with Crippen molar-refractivity contribution in [3.8, 4) is 17.0 Å². The van der Waals surface area contributed by atoms with Crippen LogP contribution >= 0.6 is 0 Å². The number of aryl methyl sites for hydroxylation is 1. The summed E-state index contributed by atoms with van der Waals surface area (Å²) in [4.78, 5) is 14.3. The van der Waals surface area contributed by atoms with Gasteiger partial charge in [-0.2, -0.15) is 5.10 Å². The van der Waals surface area contributed by atoms with Crippen LogP contribution in [-0.4, -0.2) is 51.8 Å². The van der Waals surface area contributed by atoms with Crippen molar-refractivity contribution in [2.75, 3.05) is 25.5 Å². The zero-order valence-corrected chi connectivity index (χ0v) is 16.7. The standard InChI is InChI=1S/C21H25N5O3/c1-13-19(21(24-29-13)28-17-6-8-25(2)9-7-17)15-5-10-26-16(11-15)12-18(23-26)22-20(27)14-3-4-14/h5,10-12,14,17H,3-4,6-9H2,1-2H3,(H,22,23,27). The van der Waals surface area contributed by atoms with E-state index in [0.29, 0.717) is 11.7 Å². The number of hydrogen-bond donors (Lipinski definition) is 1. The summed E-state index contributed by atoms with van der Waals surface area (Å²) in [6, 6.07) is 5.86. The Balaban J connectivity index is 1.40. The van der Waals surface area contributed by atoms with E-state index in [4.69, 9.17) is 9.26 Å². The monoisotopic (exact) mass is 395 g/mol. The molecule has 8 heteroatoms. The van der Waals surface area contributed by atoms with E-state index in [0.717, 1.165) is 61.2 Å². The highest BCUT2D eigenvalue weighted by Crippen LogP contribution is 2.35. The summed E-state index contributed by atoms with van der Waals surface area (Å²) in [6.45, 7) is 3.94. The smallest absolute Gasteiger partial charge is 0.262 e. The van der Waals surface area contributed by atoms with Crippen molar-refractivity contribution < 1.29 is 14.1 Å². The SMILES string of the molecule is Cc1onc(OC2CCN(C)CC2)c1-c1ccn2nc(NC(=O)C3CC3)cc2c1. The molecule has 152 valence electrons. The van der Waals surface area contributed by atoms with Gasteiger partial charge in [0.25, 0.3) is 5.88 Å². The lowest BCUT2D eigenvalue weighted by atomic mass is 10.1. The maximum Gasteiger partial charge on any atom is 0.262 e. The predicted octanol–water partition coefficient (Wildman–Crippen LogP) is 3.12. The second-order valence-electron chi connectivity index (χ2n) is 8.12. The average molecular weight is 395 g/mol. The van der Waals surface area contributed by atoms with E-state index >= 15 is 0 Å². The first kappa shape index (κ1) is 18.2. The molecule has 5 rings (SSSR count). The van der Waals surface area contributed by atoms with Crippen molar-refractivity contribution in [2.24, 2.45) is 5.92 Å². The number of aromatic nitrogens is 3. The first-order valence-corrected chi connectivity index (χ1v) is 10.2. The van der Waals surface area contributed by atoms with Crippen molar-refractivity contribution in [1.82, 2.24) is 19.7 Å². The van der Waals surface area contributed by atoms with E-state index in [1.807, 2.05) is 31.3 Å². The molecular formula is C21H25N5O3. The van der Waals surface area contributed by atoms with Crippen molar-refractivity contribution in [2.45, 2.75) is 38.7 Å². The molecule has 0 bridgehead atoms. The van der Waals surface area contributed by atoms with Gasteiger partial charge < -0.3 is 19.5 Å². The molecule has 2 fully saturated rings. The number of carbonyl (C=O) groups is 1. The molecule has 0 unspecified atom stereocenters. The third-order valence-electron chi connectivity index (χ3n) is 5.73. The van der Waals surface area contributed by atoms with E-state index in [2.05, 4.69) is 27.5 Å². The number of hydrogen-bond acceptors (Lipinski definition) is 6. The van der Waals surface area contributed by atoms with Crippen molar-refractivity contribution in [1.29, 1.82) is 0 Å². The Labute approximate surface area is 168 Å². The molecule has 1 saturated carbocycles. The van der Waals surface area contributed by atoms with E-state index in [9.17, 15) is 4.79 Å². The van der Waals surface area contributed by atoms with E-state index in [1.165, 1.54) is 0 Å². The molecule has 1 aliphatic carbocycles. The number of nitrogens with one attached hydrogen (secondary N) is 1. The molecule has 8 nitrogen and oxygen atoms in total. The molecule has 3 aromatic rings. The minimum absolute atomic E-state index is 0.0531. The van der Waals surface area contributed by atoms with Gasteiger partial charge in [0.2, 0.25) is 5.91 Å². The van der Waals surface area contributed by atoms with Gasteiger partial charge >= 0.3 is 0 Å². The Kier molecular flexibility index (Phi) is 4.50. The molecular weight excluding hydrogens is 370 g/mol. The predicted molar refractivity (Wildman–Crippen MR) is 108 cm³/mol. The average Bonchev–Trinajstić information content (AvgIpc) is 3.39. The Bertz CT molecular complexity index is 1040. The Morgan fingerprint density at radius 2 is 2.03 bits per heavy atom. The molecule has 1 amide bonds. The van der Waals surface area contributed by atoms with Crippen LogP contribution in [0.3, 0.4) is 0 Å². The lowest BCUT2D eigenvalue weighted by Crippen LogP contribution is -2.35. The van der Waals surface area contributed by atoms with Gasteiger partial charge in [-0.15, -0.1) is 0 Å². The van der Waals surface area contributed by atoms with Crippen LogP contribution in [0.25, 0.3) is 16.6 Å². The number of carbonyl (C=O) groups excluding carboxylic acids is 1. The van der Waals surface area contributed by atoms with Crippen molar-refractivity contribution >= 4 is 17.2 Å².